The topological polar surface area (TPSA) is 38.0 Å². The Bertz CT molecular complexity index is 159. The van der Waals surface area contributed by atoms with Gasteiger partial charge in [-0.3, -0.25) is 0 Å². The van der Waals surface area contributed by atoms with Crippen molar-refractivity contribution in [3.63, 3.8) is 0 Å². The van der Waals surface area contributed by atoms with Crippen LogP contribution in [-0.4, -0.2) is 42.1 Å². The Balaban J connectivity index is 2.08. The average Bonchev–Trinajstić information content (AvgIpc) is 2.25. The zero-order valence-electron chi connectivity index (χ0n) is 9.87. The molecule has 0 spiro atoms. The first-order valence-electron chi connectivity index (χ1n) is 5.84. The van der Waals surface area contributed by atoms with Gasteiger partial charge < -0.3 is 11.1 Å². The van der Waals surface area contributed by atoms with Crippen LogP contribution in [-0.2, 0) is 0 Å². The predicted octanol–water partition coefficient (Wildman–Crippen LogP) is 1.66. The van der Waals surface area contributed by atoms with Crippen molar-refractivity contribution in [2.24, 2.45) is 17.6 Å². The Morgan fingerprint density at radius 3 is 2.73 bits per heavy atom. The molecular formula is C11H24N2S2. The molecule has 15 heavy (non-hydrogen) atoms. The van der Waals surface area contributed by atoms with Crippen molar-refractivity contribution in [2.75, 3.05) is 36.9 Å². The summed E-state index contributed by atoms with van der Waals surface area (Å²) < 4.78 is 0. The molecular weight excluding hydrogens is 224 g/mol. The smallest absolute Gasteiger partial charge is 0.0263 e. The second-order valence-electron chi connectivity index (χ2n) is 4.47. The third kappa shape index (κ3) is 5.48. The molecule has 3 N–H and O–H groups in total. The van der Waals surface area contributed by atoms with E-state index in [2.05, 4.69) is 42.7 Å². The predicted molar refractivity (Wildman–Crippen MR) is 73.8 cm³/mol. The van der Waals surface area contributed by atoms with Gasteiger partial charge in [0.2, 0.25) is 0 Å². The largest absolute Gasteiger partial charge is 0.330 e. The Kier molecular flexibility index (Phi) is 7.14. The lowest BCUT2D eigenvalue weighted by atomic mass is 9.96. The van der Waals surface area contributed by atoms with Crippen LogP contribution in [0.3, 0.4) is 0 Å². The molecule has 1 heterocycles. The molecule has 0 aliphatic carbocycles. The highest BCUT2D eigenvalue weighted by molar-refractivity contribution is 8.06. The van der Waals surface area contributed by atoms with E-state index < -0.39 is 0 Å². The number of thioether (sulfide) groups is 2. The number of nitrogens with two attached hydrogens (primary N) is 1. The van der Waals surface area contributed by atoms with Crippen LogP contribution >= 0.6 is 23.5 Å². The van der Waals surface area contributed by atoms with Crippen molar-refractivity contribution in [1.29, 1.82) is 0 Å². The van der Waals surface area contributed by atoms with Crippen molar-refractivity contribution in [3.8, 4) is 0 Å². The van der Waals surface area contributed by atoms with Gasteiger partial charge in [-0.25, -0.2) is 0 Å². The quantitative estimate of drug-likeness (QED) is 0.750. The number of hydrogen-bond donors (Lipinski definition) is 2. The molecule has 2 nitrogen and oxygen atoms in total. The standard InChI is InChI=1S/C11H24N2S2/c1-9(2)10(5-12)6-13-7-11-8-14-3-4-15-11/h9-11,13H,3-8,12H2,1-2H3. The molecule has 1 aliphatic rings. The van der Waals surface area contributed by atoms with Gasteiger partial charge in [0, 0.05) is 29.1 Å². The summed E-state index contributed by atoms with van der Waals surface area (Å²) in [7, 11) is 0. The van der Waals surface area contributed by atoms with Crippen molar-refractivity contribution < 1.29 is 0 Å². The SMILES string of the molecule is CC(C)C(CN)CNCC1CSCCS1. The van der Waals surface area contributed by atoms with E-state index in [1.807, 2.05) is 0 Å². The van der Waals surface area contributed by atoms with Gasteiger partial charge in [0.25, 0.3) is 0 Å². The molecule has 0 aromatic carbocycles. The molecule has 0 bridgehead atoms. The van der Waals surface area contributed by atoms with Crippen LogP contribution < -0.4 is 11.1 Å². The second-order valence-corrected chi connectivity index (χ2v) is 7.02. The van der Waals surface area contributed by atoms with E-state index in [4.69, 9.17) is 5.73 Å². The van der Waals surface area contributed by atoms with Gasteiger partial charge in [0.15, 0.2) is 0 Å². The molecule has 0 amide bonds. The summed E-state index contributed by atoms with van der Waals surface area (Å²) in [5, 5.41) is 4.39. The Morgan fingerprint density at radius 2 is 2.20 bits per heavy atom. The lowest BCUT2D eigenvalue weighted by Crippen LogP contribution is -2.36. The van der Waals surface area contributed by atoms with Gasteiger partial charge in [0.1, 0.15) is 0 Å². The summed E-state index contributed by atoms with van der Waals surface area (Å²) in [6, 6.07) is 0. The maximum atomic E-state index is 5.74. The van der Waals surface area contributed by atoms with E-state index in [0.29, 0.717) is 11.8 Å². The van der Waals surface area contributed by atoms with Gasteiger partial charge >= 0.3 is 0 Å². The monoisotopic (exact) mass is 248 g/mol. The van der Waals surface area contributed by atoms with Crippen LogP contribution in [0.25, 0.3) is 0 Å². The minimum Gasteiger partial charge on any atom is -0.330 e. The summed E-state index contributed by atoms with van der Waals surface area (Å²) in [5.74, 6) is 5.29. The Morgan fingerprint density at radius 1 is 1.40 bits per heavy atom. The first kappa shape index (κ1) is 13.7. The van der Waals surface area contributed by atoms with Crippen LogP contribution in [0.15, 0.2) is 0 Å². The Hall–Kier alpha value is 0.620. The van der Waals surface area contributed by atoms with E-state index in [0.717, 1.165) is 24.9 Å². The van der Waals surface area contributed by atoms with Crippen LogP contribution in [0, 0.1) is 11.8 Å². The van der Waals surface area contributed by atoms with Gasteiger partial charge in [-0.1, -0.05) is 13.8 Å². The van der Waals surface area contributed by atoms with Gasteiger partial charge in [-0.2, -0.15) is 23.5 Å². The van der Waals surface area contributed by atoms with E-state index in [1.165, 1.54) is 17.3 Å². The molecule has 1 saturated heterocycles. The first-order chi connectivity index (χ1) is 7.24. The zero-order valence-corrected chi connectivity index (χ0v) is 11.5. The highest BCUT2D eigenvalue weighted by Gasteiger charge is 2.15. The molecule has 0 aromatic rings. The highest BCUT2D eigenvalue weighted by atomic mass is 32.2. The molecule has 0 radical (unpaired) electrons. The molecule has 1 fully saturated rings. The third-order valence-corrected chi connectivity index (χ3v) is 5.75. The fourth-order valence-corrected chi connectivity index (χ4v) is 4.32. The number of rotatable bonds is 6. The van der Waals surface area contributed by atoms with E-state index in [1.54, 1.807) is 0 Å². The summed E-state index contributed by atoms with van der Waals surface area (Å²) >= 11 is 4.20. The summed E-state index contributed by atoms with van der Waals surface area (Å²) in [4.78, 5) is 0. The van der Waals surface area contributed by atoms with E-state index in [9.17, 15) is 0 Å². The summed E-state index contributed by atoms with van der Waals surface area (Å²) in [6.07, 6.45) is 0. The molecule has 2 atom stereocenters. The van der Waals surface area contributed by atoms with Crippen LogP contribution in [0.5, 0.6) is 0 Å². The van der Waals surface area contributed by atoms with Gasteiger partial charge in [-0.15, -0.1) is 0 Å². The van der Waals surface area contributed by atoms with E-state index >= 15 is 0 Å². The van der Waals surface area contributed by atoms with Crippen LogP contribution in [0.1, 0.15) is 13.8 Å². The average molecular weight is 248 g/mol. The van der Waals surface area contributed by atoms with Crippen LogP contribution in [0.4, 0.5) is 0 Å². The zero-order chi connectivity index (χ0) is 11.1. The normalized spacial score (nSPS) is 24.4. The molecule has 4 heteroatoms. The fourth-order valence-electron chi connectivity index (χ4n) is 1.68. The lowest BCUT2D eigenvalue weighted by Gasteiger charge is -2.24. The molecule has 2 unspecified atom stereocenters. The molecule has 90 valence electrons. The highest BCUT2D eigenvalue weighted by Crippen LogP contribution is 2.23. The van der Waals surface area contributed by atoms with E-state index in [-0.39, 0.29) is 0 Å². The van der Waals surface area contributed by atoms with Crippen molar-refractivity contribution in [1.82, 2.24) is 5.32 Å². The summed E-state index contributed by atoms with van der Waals surface area (Å²) in [6.45, 7) is 7.54. The number of nitrogens with one attached hydrogen (secondary N) is 1. The van der Waals surface area contributed by atoms with Crippen molar-refractivity contribution in [3.05, 3.63) is 0 Å². The molecule has 1 aliphatic heterocycles. The number of hydrogen-bond acceptors (Lipinski definition) is 4. The molecule has 0 aromatic heterocycles. The fraction of sp³-hybridized carbons (Fsp3) is 1.00. The third-order valence-electron chi connectivity index (χ3n) is 2.91. The minimum absolute atomic E-state index is 0.631. The first-order valence-corrected chi connectivity index (χ1v) is 8.04. The van der Waals surface area contributed by atoms with Crippen LogP contribution in [0.2, 0.25) is 0 Å². The lowest BCUT2D eigenvalue weighted by molar-refractivity contribution is 0.372. The maximum absolute atomic E-state index is 5.74. The maximum Gasteiger partial charge on any atom is 0.0263 e. The second kappa shape index (κ2) is 7.82. The Labute approximate surface area is 103 Å². The minimum atomic E-state index is 0.631. The van der Waals surface area contributed by atoms with Crippen molar-refractivity contribution in [2.45, 2.75) is 19.1 Å². The molecule has 0 saturated carbocycles. The molecule has 1 rings (SSSR count). The van der Waals surface area contributed by atoms with Crippen molar-refractivity contribution >= 4 is 23.5 Å². The summed E-state index contributed by atoms with van der Waals surface area (Å²) in [5.41, 5.74) is 5.74. The van der Waals surface area contributed by atoms with Gasteiger partial charge in [-0.05, 0) is 24.9 Å². The van der Waals surface area contributed by atoms with Gasteiger partial charge in [0.05, 0.1) is 0 Å².